The topological polar surface area (TPSA) is 64.1 Å². The van der Waals surface area contributed by atoms with Gasteiger partial charge in [-0.15, -0.1) is 11.8 Å². The highest BCUT2D eigenvalue weighted by molar-refractivity contribution is 7.98. The van der Waals surface area contributed by atoms with Gasteiger partial charge in [-0.1, -0.05) is 27.7 Å². The first-order valence-corrected chi connectivity index (χ1v) is 9.37. The zero-order valence-electron chi connectivity index (χ0n) is 15.1. The Kier molecular flexibility index (Phi) is 8.55. The number of thioether (sulfide) groups is 1. The fourth-order valence-electron chi connectivity index (χ4n) is 2.02. The molecule has 0 bridgehead atoms. The lowest BCUT2D eigenvalue weighted by atomic mass is 10.1. The van der Waals surface area contributed by atoms with Gasteiger partial charge in [0.15, 0.2) is 0 Å². The molecule has 0 spiro atoms. The molecule has 0 aliphatic heterocycles. The normalized spacial score (nSPS) is 11.3. The van der Waals surface area contributed by atoms with Gasteiger partial charge in [0.25, 0.3) is 5.91 Å². The first-order valence-electron chi connectivity index (χ1n) is 8.15. The lowest BCUT2D eigenvalue weighted by Gasteiger charge is -2.13. The Labute approximate surface area is 144 Å². The number of hydrogen-bond acceptors (Lipinski definition) is 5. The fourth-order valence-corrected chi connectivity index (χ4v) is 2.65. The molecule has 1 aromatic rings. The number of carbonyl (C=O) groups is 1. The van der Waals surface area contributed by atoms with Gasteiger partial charge in [0.1, 0.15) is 10.9 Å². The highest BCUT2D eigenvalue weighted by Gasteiger charge is 2.18. The third-order valence-corrected chi connectivity index (χ3v) is 3.90. The maximum atomic E-state index is 12.4. The molecule has 0 radical (unpaired) electrons. The molecule has 1 amide bonds. The fraction of sp³-hybridized carbons (Fsp3) is 0.706. The minimum absolute atomic E-state index is 0.106. The molecular weight excluding hydrogens is 310 g/mol. The summed E-state index contributed by atoms with van der Waals surface area (Å²) >= 11 is 1.48. The number of rotatable bonds is 9. The van der Waals surface area contributed by atoms with Crippen LogP contribution in [-0.4, -0.2) is 41.9 Å². The number of carbonyl (C=O) groups excluding carboxylic acids is 1. The number of nitrogens with one attached hydrogen (secondary N) is 1. The molecule has 0 aliphatic rings. The number of ether oxygens (including phenoxy) is 1. The van der Waals surface area contributed by atoms with Crippen LogP contribution in [-0.2, 0) is 4.74 Å². The van der Waals surface area contributed by atoms with Crippen molar-refractivity contribution in [2.75, 3.05) is 26.0 Å². The lowest BCUT2D eigenvalue weighted by molar-refractivity contribution is 0.0920. The van der Waals surface area contributed by atoms with E-state index in [4.69, 9.17) is 4.74 Å². The molecular formula is C17H29N3O2S. The van der Waals surface area contributed by atoms with Gasteiger partial charge in [0.05, 0.1) is 11.3 Å². The van der Waals surface area contributed by atoms with E-state index in [1.165, 1.54) is 11.8 Å². The molecule has 0 aliphatic carbocycles. The number of nitrogens with zero attached hydrogens (tertiary/aromatic N) is 2. The van der Waals surface area contributed by atoms with E-state index in [-0.39, 0.29) is 11.8 Å². The molecule has 1 N–H and O–H groups in total. The quantitative estimate of drug-likeness (QED) is 0.424. The van der Waals surface area contributed by atoms with Crippen molar-refractivity contribution in [2.45, 2.75) is 52.0 Å². The Morgan fingerprint density at radius 3 is 2.52 bits per heavy atom. The molecule has 0 unspecified atom stereocenters. The maximum absolute atomic E-state index is 12.4. The summed E-state index contributed by atoms with van der Waals surface area (Å²) in [6.07, 6.45) is 2.74. The van der Waals surface area contributed by atoms with Gasteiger partial charge in [0, 0.05) is 25.7 Å². The van der Waals surface area contributed by atoms with E-state index in [0.717, 1.165) is 29.6 Å². The van der Waals surface area contributed by atoms with Gasteiger partial charge >= 0.3 is 0 Å². The van der Waals surface area contributed by atoms with Crippen LogP contribution in [0.1, 0.15) is 61.9 Å². The first-order chi connectivity index (χ1) is 10.9. The highest BCUT2D eigenvalue weighted by atomic mass is 32.2. The number of aromatic nitrogens is 2. The van der Waals surface area contributed by atoms with Crippen LogP contribution in [0.5, 0.6) is 0 Å². The van der Waals surface area contributed by atoms with Gasteiger partial charge in [-0.3, -0.25) is 4.79 Å². The molecule has 1 rings (SSSR count). The zero-order valence-corrected chi connectivity index (χ0v) is 15.9. The second-order valence-electron chi connectivity index (χ2n) is 6.28. The summed E-state index contributed by atoms with van der Waals surface area (Å²) in [5, 5.41) is 3.68. The van der Waals surface area contributed by atoms with Gasteiger partial charge in [-0.2, -0.15) is 0 Å². The van der Waals surface area contributed by atoms with Gasteiger partial charge < -0.3 is 10.1 Å². The van der Waals surface area contributed by atoms with Crippen LogP contribution in [0.3, 0.4) is 0 Å². The third-order valence-electron chi connectivity index (χ3n) is 3.21. The Morgan fingerprint density at radius 1 is 1.26 bits per heavy atom. The maximum Gasteiger partial charge on any atom is 0.255 e. The molecule has 0 atom stereocenters. The second-order valence-corrected chi connectivity index (χ2v) is 7.08. The van der Waals surface area contributed by atoms with Crippen LogP contribution in [0.15, 0.2) is 5.03 Å². The molecule has 23 heavy (non-hydrogen) atoms. The molecule has 1 heterocycles. The molecule has 6 heteroatoms. The molecule has 5 nitrogen and oxygen atoms in total. The number of aryl methyl sites for hydroxylation is 1. The van der Waals surface area contributed by atoms with E-state index in [9.17, 15) is 4.79 Å². The van der Waals surface area contributed by atoms with Crippen LogP contribution in [0.2, 0.25) is 0 Å². The Balaban J connectivity index is 2.62. The van der Waals surface area contributed by atoms with Crippen molar-refractivity contribution in [1.82, 2.24) is 15.3 Å². The van der Waals surface area contributed by atoms with Crippen molar-refractivity contribution < 1.29 is 9.53 Å². The first kappa shape index (κ1) is 19.9. The molecule has 1 aromatic heterocycles. The predicted molar refractivity (Wildman–Crippen MR) is 95.2 cm³/mol. The standard InChI is InChI=1S/C17H29N3O2S/c1-11(2)10-22-9-7-8-18-16(21)14-13(5)19-15(12(3)4)20-17(14)23-6/h11-12H,7-10H2,1-6H3,(H,18,21). The monoisotopic (exact) mass is 339 g/mol. The van der Waals surface area contributed by atoms with E-state index in [1.54, 1.807) is 0 Å². The predicted octanol–water partition coefficient (Wildman–Crippen LogP) is 3.42. The summed E-state index contributed by atoms with van der Waals surface area (Å²) in [6, 6.07) is 0. The number of hydrogen-bond donors (Lipinski definition) is 1. The third kappa shape index (κ3) is 6.47. The van der Waals surface area contributed by atoms with E-state index in [0.29, 0.717) is 24.6 Å². The average Bonchev–Trinajstić information content (AvgIpc) is 2.49. The van der Waals surface area contributed by atoms with Crippen molar-refractivity contribution in [3.8, 4) is 0 Å². The van der Waals surface area contributed by atoms with Gasteiger partial charge in [-0.05, 0) is 25.5 Å². The summed E-state index contributed by atoms with van der Waals surface area (Å²) in [5.41, 5.74) is 1.33. The van der Waals surface area contributed by atoms with Crippen LogP contribution < -0.4 is 5.32 Å². The van der Waals surface area contributed by atoms with Crippen molar-refractivity contribution in [1.29, 1.82) is 0 Å². The van der Waals surface area contributed by atoms with Crippen molar-refractivity contribution in [2.24, 2.45) is 5.92 Å². The minimum atomic E-state index is -0.106. The highest BCUT2D eigenvalue weighted by Crippen LogP contribution is 2.22. The zero-order chi connectivity index (χ0) is 17.4. The van der Waals surface area contributed by atoms with E-state index in [2.05, 4.69) is 43.0 Å². The summed E-state index contributed by atoms with van der Waals surface area (Å²) in [7, 11) is 0. The second kappa shape index (κ2) is 9.88. The summed E-state index contributed by atoms with van der Waals surface area (Å²) in [6.45, 7) is 12.2. The largest absolute Gasteiger partial charge is 0.381 e. The van der Waals surface area contributed by atoms with Crippen LogP contribution in [0, 0.1) is 12.8 Å². The van der Waals surface area contributed by atoms with E-state index >= 15 is 0 Å². The average molecular weight is 340 g/mol. The van der Waals surface area contributed by atoms with Crippen LogP contribution >= 0.6 is 11.8 Å². The van der Waals surface area contributed by atoms with E-state index in [1.807, 2.05) is 13.2 Å². The van der Waals surface area contributed by atoms with Crippen molar-refractivity contribution >= 4 is 17.7 Å². The van der Waals surface area contributed by atoms with Crippen LogP contribution in [0.25, 0.3) is 0 Å². The van der Waals surface area contributed by atoms with E-state index < -0.39 is 0 Å². The van der Waals surface area contributed by atoms with Gasteiger partial charge in [-0.25, -0.2) is 9.97 Å². The number of amides is 1. The smallest absolute Gasteiger partial charge is 0.255 e. The Hall–Kier alpha value is -1.14. The van der Waals surface area contributed by atoms with Crippen molar-refractivity contribution in [3.63, 3.8) is 0 Å². The molecule has 0 aromatic carbocycles. The summed E-state index contributed by atoms with van der Waals surface area (Å²) < 4.78 is 5.51. The minimum Gasteiger partial charge on any atom is -0.381 e. The molecule has 0 saturated carbocycles. The Morgan fingerprint density at radius 2 is 1.96 bits per heavy atom. The summed E-state index contributed by atoms with van der Waals surface area (Å²) in [4.78, 5) is 21.4. The van der Waals surface area contributed by atoms with Gasteiger partial charge in [0.2, 0.25) is 0 Å². The van der Waals surface area contributed by atoms with Crippen LogP contribution in [0.4, 0.5) is 0 Å². The van der Waals surface area contributed by atoms with Crippen molar-refractivity contribution in [3.05, 3.63) is 17.1 Å². The molecule has 0 saturated heterocycles. The summed E-state index contributed by atoms with van der Waals surface area (Å²) in [5.74, 6) is 1.46. The SMILES string of the molecule is CSc1nc(C(C)C)nc(C)c1C(=O)NCCCOCC(C)C. The molecule has 130 valence electrons. The lowest BCUT2D eigenvalue weighted by Crippen LogP contribution is -2.27. The molecule has 0 fully saturated rings. The Bertz CT molecular complexity index is 519.